The van der Waals surface area contributed by atoms with Gasteiger partial charge in [0, 0.05) is 16.7 Å². The van der Waals surface area contributed by atoms with Gasteiger partial charge in [0.2, 0.25) is 0 Å². The lowest BCUT2D eigenvalue weighted by Crippen LogP contribution is -1.88. The standard InChI is InChI=1S/2C18H18O2.CH4/c1-3-5-13-7-9-18(20)16(11-13)14-8-10-17(19)15(12-14)6-4-2;1-3-5-13-7-9-17(19)15(11-13)16-12-14(6-4-2)8-10-18(16)20;/h2*3-4,7-12,19-20H,1-2,5-6H2;1H4. The number of phenolic OH excluding ortho intramolecular Hbond substituents is 4. The predicted molar refractivity (Wildman–Crippen MR) is 173 cm³/mol. The fourth-order valence-corrected chi connectivity index (χ4v) is 4.37. The van der Waals surface area contributed by atoms with Gasteiger partial charge in [-0.15, -0.1) is 26.3 Å². The van der Waals surface area contributed by atoms with E-state index in [1.807, 2.05) is 60.7 Å². The first-order valence-corrected chi connectivity index (χ1v) is 13.0. The van der Waals surface area contributed by atoms with E-state index in [9.17, 15) is 20.4 Å². The van der Waals surface area contributed by atoms with Gasteiger partial charge in [0.15, 0.2) is 0 Å². The molecule has 4 aromatic carbocycles. The van der Waals surface area contributed by atoms with Gasteiger partial charge in [0.25, 0.3) is 0 Å². The van der Waals surface area contributed by atoms with Crippen molar-refractivity contribution in [2.45, 2.75) is 33.1 Å². The van der Waals surface area contributed by atoms with Crippen molar-refractivity contribution in [2.75, 3.05) is 0 Å². The molecule has 0 atom stereocenters. The lowest BCUT2D eigenvalue weighted by atomic mass is 9.97. The van der Waals surface area contributed by atoms with Crippen LogP contribution in [0.4, 0.5) is 0 Å². The summed E-state index contributed by atoms with van der Waals surface area (Å²) in [5, 5.41) is 39.9. The summed E-state index contributed by atoms with van der Waals surface area (Å²) in [6, 6.07) is 21.6. The zero-order valence-corrected chi connectivity index (χ0v) is 22.7. The predicted octanol–water partition coefficient (Wildman–Crippen LogP) is 9.08. The number of phenols is 4. The second-order valence-corrected chi connectivity index (χ2v) is 9.37. The molecule has 4 nitrogen and oxygen atoms in total. The van der Waals surface area contributed by atoms with Crippen molar-refractivity contribution < 1.29 is 20.4 Å². The second kappa shape index (κ2) is 15.6. The van der Waals surface area contributed by atoms with Crippen LogP contribution >= 0.6 is 0 Å². The maximum atomic E-state index is 10.0. The number of benzene rings is 4. The van der Waals surface area contributed by atoms with Crippen LogP contribution in [0.5, 0.6) is 23.0 Å². The highest BCUT2D eigenvalue weighted by atomic mass is 16.3. The molecule has 0 aliphatic heterocycles. The number of hydrogen-bond donors (Lipinski definition) is 4. The molecule has 0 saturated carbocycles. The summed E-state index contributed by atoms with van der Waals surface area (Å²) in [6.07, 6.45) is 9.98. The van der Waals surface area contributed by atoms with Crippen LogP contribution in [-0.2, 0) is 25.7 Å². The molecule has 0 saturated heterocycles. The minimum atomic E-state index is 0. The van der Waals surface area contributed by atoms with E-state index in [0.717, 1.165) is 52.6 Å². The molecule has 0 fully saturated rings. The fraction of sp³-hybridized carbons (Fsp3) is 0.135. The maximum absolute atomic E-state index is 10.0. The third kappa shape index (κ3) is 8.51. The highest BCUT2D eigenvalue weighted by Crippen LogP contribution is 2.37. The van der Waals surface area contributed by atoms with E-state index in [4.69, 9.17) is 0 Å². The van der Waals surface area contributed by atoms with E-state index in [1.165, 1.54) is 0 Å². The third-order valence-corrected chi connectivity index (χ3v) is 6.37. The molecule has 41 heavy (non-hydrogen) atoms. The second-order valence-electron chi connectivity index (χ2n) is 9.37. The maximum Gasteiger partial charge on any atom is 0.123 e. The minimum absolute atomic E-state index is 0. The highest BCUT2D eigenvalue weighted by molar-refractivity contribution is 5.76. The van der Waals surface area contributed by atoms with E-state index < -0.39 is 0 Å². The molecular weight excluding hydrogens is 508 g/mol. The van der Waals surface area contributed by atoms with Crippen LogP contribution in [0, 0.1) is 0 Å². The summed E-state index contributed by atoms with van der Waals surface area (Å²) in [5.74, 6) is 0.788. The molecule has 0 aromatic heterocycles. The van der Waals surface area contributed by atoms with Crippen molar-refractivity contribution in [3.05, 3.63) is 146 Å². The lowest BCUT2D eigenvalue weighted by Gasteiger charge is -2.10. The Labute approximate surface area is 244 Å². The average molecular weight is 549 g/mol. The van der Waals surface area contributed by atoms with E-state index >= 15 is 0 Å². The van der Waals surface area contributed by atoms with Gasteiger partial charge in [0.1, 0.15) is 23.0 Å². The molecule has 4 heteroatoms. The van der Waals surface area contributed by atoms with E-state index in [2.05, 4.69) is 26.3 Å². The Kier molecular flexibility index (Phi) is 12.3. The van der Waals surface area contributed by atoms with Gasteiger partial charge in [-0.25, -0.2) is 0 Å². The van der Waals surface area contributed by atoms with E-state index in [1.54, 1.807) is 36.4 Å². The number of aromatic hydroxyl groups is 4. The molecule has 0 aliphatic carbocycles. The van der Waals surface area contributed by atoms with Crippen LogP contribution in [0.1, 0.15) is 29.7 Å². The van der Waals surface area contributed by atoms with Gasteiger partial charge >= 0.3 is 0 Å². The summed E-state index contributed by atoms with van der Waals surface area (Å²) in [5.41, 5.74) is 6.87. The molecule has 4 N–H and O–H groups in total. The number of allylic oxidation sites excluding steroid dienone is 4. The Morgan fingerprint density at radius 3 is 1.22 bits per heavy atom. The molecule has 0 amide bonds. The topological polar surface area (TPSA) is 80.9 Å². The summed E-state index contributed by atoms with van der Waals surface area (Å²) in [7, 11) is 0. The largest absolute Gasteiger partial charge is 0.508 e. The van der Waals surface area contributed by atoms with Crippen molar-refractivity contribution >= 4 is 0 Å². The zero-order chi connectivity index (χ0) is 29.1. The SMILES string of the molecule is C.C=CCc1ccc(O)c(-c2cc(CC=C)ccc2O)c1.C=CCc1ccc(O)c(-c2ccc(O)c(CC=C)c2)c1. The molecule has 0 aliphatic rings. The summed E-state index contributed by atoms with van der Waals surface area (Å²) < 4.78 is 0. The minimum Gasteiger partial charge on any atom is -0.508 e. The molecule has 0 radical (unpaired) electrons. The molecule has 0 bridgehead atoms. The van der Waals surface area contributed by atoms with Crippen molar-refractivity contribution in [3.8, 4) is 45.3 Å². The van der Waals surface area contributed by atoms with Crippen molar-refractivity contribution in [1.82, 2.24) is 0 Å². The first-order valence-electron chi connectivity index (χ1n) is 13.0. The van der Waals surface area contributed by atoms with Crippen molar-refractivity contribution in [3.63, 3.8) is 0 Å². The summed E-state index contributed by atoms with van der Waals surface area (Å²) >= 11 is 0. The molecule has 0 heterocycles. The number of hydrogen-bond acceptors (Lipinski definition) is 4. The van der Waals surface area contributed by atoms with Gasteiger partial charge < -0.3 is 20.4 Å². The van der Waals surface area contributed by atoms with Gasteiger partial charge in [-0.05, 0) is 102 Å². The van der Waals surface area contributed by atoms with Crippen LogP contribution in [-0.4, -0.2) is 20.4 Å². The Morgan fingerprint density at radius 2 is 0.805 bits per heavy atom. The first kappa shape index (κ1) is 32.3. The van der Waals surface area contributed by atoms with Crippen LogP contribution in [0.25, 0.3) is 22.3 Å². The molecule has 0 unspecified atom stereocenters. The Hall–Kier alpha value is -4.96. The van der Waals surface area contributed by atoms with Crippen LogP contribution in [0.2, 0.25) is 0 Å². The average Bonchev–Trinajstić information content (AvgIpc) is 2.94. The Bertz CT molecular complexity index is 1460. The van der Waals surface area contributed by atoms with Crippen molar-refractivity contribution in [1.29, 1.82) is 0 Å². The highest BCUT2D eigenvalue weighted by Gasteiger charge is 2.11. The normalized spacial score (nSPS) is 9.95. The number of rotatable bonds is 10. The van der Waals surface area contributed by atoms with Gasteiger partial charge in [-0.1, -0.05) is 56.0 Å². The Balaban J connectivity index is 0.000000280. The first-order chi connectivity index (χ1) is 19.3. The van der Waals surface area contributed by atoms with Gasteiger partial charge in [-0.2, -0.15) is 0 Å². The zero-order valence-electron chi connectivity index (χ0n) is 22.7. The van der Waals surface area contributed by atoms with E-state index in [0.29, 0.717) is 17.5 Å². The summed E-state index contributed by atoms with van der Waals surface area (Å²) in [6.45, 7) is 14.8. The van der Waals surface area contributed by atoms with Gasteiger partial charge in [0.05, 0.1) is 0 Å². The lowest BCUT2D eigenvalue weighted by molar-refractivity contribution is 0.469. The van der Waals surface area contributed by atoms with Gasteiger partial charge in [-0.3, -0.25) is 0 Å². The molecule has 212 valence electrons. The van der Waals surface area contributed by atoms with Crippen molar-refractivity contribution in [2.24, 2.45) is 0 Å². The quantitative estimate of drug-likeness (QED) is 0.149. The third-order valence-electron chi connectivity index (χ3n) is 6.37. The molecule has 4 rings (SSSR count). The molecular formula is C37H40O4. The Morgan fingerprint density at radius 1 is 0.439 bits per heavy atom. The monoisotopic (exact) mass is 548 g/mol. The summed E-state index contributed by atoms with van der Waals surface area (Å²) in [4.78, 5) is 0. The molecule has 0 spiro atoms. The molecule has 4 aromatic rings. The van der Waals surface area contributed by atoms with Crippen LogP contribution in [0.3, 0.4) is 0 Å². The smallest absolute Gasteiger partial charge is 0.123 e. The van der Waals surface area contributed by atoms with Crippen LogP contribution < -0.4 is 0 Å². The van der Waals surface area contributed by atoms with E-state index in [-0.39, 0.29) is 30.4 Å². The fourth-order valence-electron chi connectivity index (χ4n) is 4.37. The van der Waals surface area contributed by atoms with Crippen LogP contribution in [0.15, 0.2) is 123 Å².